The molecule has 1 heterocycles. The Hall–Kier alpha value is -1.00. The van der Waals surface area contributed by atoms with Crippen molar-refractivity contribution in [1.29, 1.82) is 0 Å². The van der Waals surface area contributed by atoms with Crippen LogP contribution in [0, 0.1) is 19.8 Å². The van der Waals surface area contributed by atoms with Crippen LogP contribution < -0.4 is 5.32 Å². The Morgan fingerprint density at radius 3 is 2.19 bits per heavy atom. The van der Waals surface area contributed by atoms with Crippen molar-refractivity contribution in [3.8, 4) is 0 Å². The topological polar surface area (TPSA) is 47.0 Å². The van der Waals surface area contributed by atoms with E-state index in [9.17, 15) is 0 Å². The number of hydrogen-bond acceptors (Lipinski definition) is 4. The van der Waals surface area contributed by atoms with Gasteiger partial charge in [0, 0.05) is 18.0 Å². The number of ether oxygens (including phenoxy) is 1. The predicted molar refractivity (Wildman–Crippen MR) is 87.6 cm³/mol. The van der Waals surface area contributed by atoms with Crippen LogP contribution >= 0.6 is 0 Å². The maximum atomic E-state index is 5.71. The maximum absolute atomic E-state index is 5.71. The average Bonchev–Trinajstić information content (AvgIpc) is 2.42. The lowest BCUT2D eigenvalue weighted by molar-refractivity contribution is 0.0532. The van der Waals surface area contributed by atoms with Gasteiger partial charge in [-0.3, -0.25) is 0 Å². The monoisotopic (exact) mass is 293 g/mol. The molecule has 4 heteroatoms. The summed E-state index contributed by atoms with van der Waals surface area (Å²) in [6, 6.07) is 0. The summed E-state index contributed by atoms with van der Waals surface area (Å²) in [5.41, 5.74) is 3.44. The fourth-order valence-corrected chi connectivity index (χ4v) is 2.45. The predicted octanol–water partition coefficient (Wildman–Crippen LogP) is 3.37. The van der Waals surface area contributed by atoms with Crippen molar-refractivity contribution in [2.24, 2.45) is 5.92 Å². The van der Waals surface area contributed by atoms with Crippen molar-refractivity contribution >= 4 is 0 Å². The zero-order valence-corrected chi connectivity index (χ0v) is 14.5. The summed E-state index contributed by atoms with van der Waals surface area (Å²) < 4.78 is 5.71. The summed E-state index contributed by atoms with van der Waals surface area (Å²) in [6.07, 6.45) is 1.90. The summed E-state index contributed by atoms with van der Waals surface area (Å²) in [5.74, 6) is 1.51. The average molecular weight is 293 g/mol. The Balaban J connectivity index is 2.75. The second kappa shape index (κ2) is 9.11. The highest BCUT2D eigenvalue weighted by molar-refractivity contribution is 5.25. The highest BCUT2D eigenvalue weighted by atomic mass is 16.5. The first-order valence-corrected chi connectivity index (χ1v) is 8.15. The van der Waals surface area contributed by atoms with Crippen LogP contribution in [0.4, 0.5) is 0 Å². The maximum Gasteiger partial charge on any atom is 0.157 e. The molecule has 0 saturated heterocycles. The second-order valence-corrected chi connectivity index (χ2v) is 5.93. The molecule has 21 heavy (non-hydrogen) atoms. The molecule has 1 aromatic rings. The van der Waals surface area contributed by atoms with Gasteiger partial charge in [0.05, 0.1) is 0 Å². The molecule has 0 aliphatic rings. The number of nitrogens with one attached hydrogen (secondary N) is 1. The van der Waals surface area contributed by atoms with Crippen LogP contribution in [0.15, 0.2) is 0 Å². The van der Waals surface area contributed by atoms with E-state index in [0.29, 0.717) is 12.5 Å². The molecule has 0 aliphatic heterocycles. The summed E-state index contributed by atoms with van der Waals surface area (Å²) in [5, 5.41) is 3.48. The van der Waals surface area contributed by atoms with E-state index in [2.05, 4.69) is 49.9 Å². The molecule has 0 aliphatic carbocycles. The van der Waals surface area contributed by atoms with Gasteiger partial charge in [-0.15, -0.1) is 0 Å². The molecule has 0 fully saturated rings. The van der Waals surface area contributed by atoms with Gasteiger partial charge in [-0.2, -0.15) is 0 Å². The van der Waals surface area contributed by atoms with E-state index in [1.54, 1.807) is 0 Å². The number of rotatable bonds is 9. The van der Waals surface area contributed by atoms with Gasteiger partial charge in [-0.05, 0) is 58.2 Å². The first-order chi connectivity index (χ1) is 9.99. The Bertz CT molecular complexity index is 409. The van der Waals surface area contributed by atoms with Crippen molar-refractivity contribution in [3.63, 3.8) is 0 Å². The molecule has 1 rings (SSSR count). The third kappa shape index (κ3) is 5.71. The van der Waals surface area contributed by atoms with Crippen molar-refractivity contribution in [3.05, 3.63) is 22.8 Å². The lowest BCUT2D eigenvalue weighted by atomic mass is 10.1. The van der Waals surface area contributed by atoms with E-state index in [1.807, 2.05) is 6.92 Å². The molecule has 0 radical (unpaired) electrons. The van der Waals surface area contributed by atoms with Crippen LogP contribution in [-0.2, 0) is 11.2 Å². The molecule has 4 nitrogen and oxygen atoms in total. The molecule has 0 aromatic carbocycles. The molecule has 0 amide bonds. The Labute approximate surface area is 129 Å². The minimum absolute atomic E-state index is 0.0144. The molecule has 1 atom stereocenters. The number of hydrogen-bond donors (Lipinski definition) is 1. The molecule has 120 valence electrons. The zero-order valence-electron chi connectivity index (χ0n) is 14.5. The minimum atomic E-state index is 0.0144. The molecule has 0 saturated carbocycles. The molecular weight excluding hydrogens is 262 g/mol. The van der Waals surface area contributed by atoms with E-state index in [0.717, 1.165) is 43.1 Å². The highest BCUT2D eigenvalue weighted by Crippen LogP contribution is 2.20. The molecule has 1 aromatic heterocycles. The van der Waals surface area contributed by atoms with E-state index >= 15 is 0 Å². The van der Waals surface area contributed by atoms with E-state index < -0.39 is 0 Å². The fourth-order valence-electron chi connectivity index (χ4n) is 2.45. The van der Waals surface area contributed by atoms with Crippen molar-refractivity contribution in [1.82, 2.24) is 15.3 Å². The van der Waals surface area contributed by atoms with Crippen LogP contribution in [0.1, 0.15) is 63.0 Å². The second-order valence-electron chi connectivity index (χ2n) is 5.93. The summed E-state index contributed by atoms with van der Waals surface area (Å²) in [4.78, 5) is 9.35. The standard InChI is InChI=1S/C17H31N3O/c1-7-16(21-8-2)17-19-13(5)15(14(6)20-17)9-10-18-11-12(3)4/h12,16,18H,7-11H2,1-6H3. The summed E-state index contributed by atoms with van der Waals surface area (Å²) >= 11 is 0. The van der Waals surface area contributed by atoms with Gasteiger partial charge in [0.2, 0.25) is 0 Å². The zero-order chi connectivity index (χ0) is 15.8. The lowest BCUT2D eigenvalue weighted by Crippen LogP contribution is -2.23. The van der Waals surface area contributed by atoms with Crippen LogP contribution in [0.25, 0.3) is 0 Å². The minimum Gasteiger partial charge on any atom is -0.371 e. The van der Waals surface area contributed by atoms with Gasteiger partial charge >= 0.3 is 0 Å². The first-order valence-electron chi connectivity index (χ1n) is 8.15. The van der Waals surface area contributed by atoms with Crippen molar-refractivity contribution in [2.45, 2.75) is 60.5 Å². The van der Waals surface area contributed by atoms with Crippen molar-refractivity contribution in [2.75, 3.05) is 19.7 Å². The van der Waals surface area contributed by atoms with E-state index in [4.69, 9.17) is 4.74 Å². The van der Waals surface area contributed by atoms with Gasteiger partial charge in [0.25, 0.3) is 0 Å². The largest absolute Gasteiger partial charge is 0.371 e. The van der Waals surface area contributed by atoms with E-state index in [-0.39, 0.29) is 6.10 Å². The molecular formula is C17H31N3O. The molecule has 1 N–H and O–H groups in total. The SMILES string of the molecule is CCOC(CC)c1nc(C)c(CCNCC(C)C)c(C)n1. The van der Waals surface area contributed by atoms with Gasteiger partial charge in [-0.25, -0.2) is 9.97 Å². The van der Waals surface area contributed by atoms with Crippen LogP contribution in [0.5, 0.6) is 0 Å². The van der Waals surface area contributed by atoms with Gasteiger partial charge in [-0.1, -0.05) is 20.8 Å². The Morgan fingerprint density at radius 2 is 1.71 bits per heavy atom. The molecule has 1 unspecified atom stereocenters. The van der Waals surface area contributed by atoms with Crippen LogP contribution in [0.2, 0.25) is 0 Å². The first kappa shape index (κ1) is 18.1. The van der Waals surface area contributed by atoms with Crippen LogP contribution in [0.3, 0.4) is 0 Å². The Kier molecular flexibility index (Phi) is 7.83. The quantitative estimate of drug-likeness (QED) is 0.709. The lowest BCUT2D eigenvalue weighted by Gasteiger charge is -2.17. The van der Waals surface area contributed by atoms with Crippen LogP contribution in [-0.4, -0.2) is 29.7 Å². The normalized spacial score (nSPS) is 12.9. The van der Waals surface area contributed by atoms with Crippen molar-refractivity contribution < 1.29 is 4.74 Å². The van der Waals surface area contributed by atoms with E-state index in [1.165, 1.54) is 5.56 Å². The molecule has 0 spiro atoms. The smallest absolute Gasteiger partial charge is 0.157 e. The number of aromatic nitrogens is 2. The van der Waals surface area contributed by atoms with Gasteiger partial charge in [0.1, 0.15) is 6.10 Å². The van der Waals surface area contributed by atoms with Gasteiger partial charge < -0.3 is 10.1 Å². The highest BCUT2D eigenvalue weighted by Gasteiger charge is 2.16. The number of nitrogens with zero attached hydrogens (tertiary/aromatic N) is 2. The Morgan fingerprint density at radius 1 is 1.10 bits per heavy atom. The fraction of sp³-hybridized carbons (Fsp3) is 0.765. The third-order valence-electron chi connectivity index (χ3n) is 3.57. The summed E-state index contributed by atoms with van der Waals surface area (Å²) in [6.45, 7) is 15.4. The molecule has 0 bridgehead atoms. The number of aryl methyl sites for hydroxylation is 2. The van der Waals surface area contributed by atoms with Gasteiger partial charge in [0.15, 0.2) is 5.82 Å². The summed E-state index contributed by atoms with van der Waals surface area (Å²) in [7, 11) is 0. The third-order valence-corrected chi connectivity index (χ3v) is 3.57.